The van der Waals surface area contributed by atoms with Crippen LogP contribution < -0.4 is 5.32 Å². The fourth-order valence-electron chi connectivity index (χ4n) is 2.63. The summed E-state index contributed by atoms with van der Waals surface area (Å²) in [5, 5.41) is 17.2. The van der Waals surface area contributed by atoms with Crippen molar-refractivity contribution in [3.05, 3.63) is 45.8 Å². The predicted octanol–water partition coefficient (Wildman–Crippen LogP) is 3.46. The van der Waals surface area contributed by atoms with Crippen LogP contribution in [-0.2, 0) is 6.54 Å². The van der Waals surface area contributed by atoms with Crippen LogP contribution in [0.2, 0.25) is 0 Å². The normalized spacial score (nSPS) is 12.7. The number of hydrogen-bond donors (Lipinski definition) is 2. The van der Waals surface area contributed by atoms with Gasteiger partial charge in [0, 0.05) is 18.2 Å². The molecule has 0 saturated carbocycles. The first-order valence-corrected chi connectivity index (χ1v) is 6.85. The number of aryl methyl sites for hydroxylation is 4. The maximum absolute atomic E-state index is 9.79. The summed E-state index contributed by atoms with van der Waals surface area (Å²) in [4.78, 5) is 0. The van der Waals surface area contributed by atoms with Gasteiger partial charge in [0.1, 0.15) is 11.5 Å². The summed E-state index contributed by atoms with van der Waals surface area (Å²) in [6.45, 7) is 10.6. The van der Waals surface area contributed by atoms with Gasteiger partial charge < -0.3 is 14.9 Å². The van der Waals surface area contributed by atoms with Gasteiger partial charge in [-0.25, -0.2) is 0 Å². The fourth-order valence-corrected chi connectivity index (χ4v) is 2.63. The molecule has 2 rings (SSSR count). The number of benzene rings is 1. The van der Waals surface area contributed by atoms with Crippen molar-refractivity contribution in [1.82, 2.24) is 10.5 Å². The van der Waals surface area contributed by atoms with Crippen molar-refractivity contribution < 1.29 is 9.63 Å². The topological polar surface area (TPSA) is 58.3 Å². The van der Waals surface area contributed by atoms with E-state index in [0.717, 1.165) is 40.3 Å². The highest BCUT2D eigenvalue weighted by Crippen LogP contribution is 2.24. The molecule has 2 N–H and O–H groups in total. The van der Waals surface area contributed by atoms with Gasteiger partial charge in [-0.05, 0) is 51.3 Å². The van der Waals surface area contributed by atoms with Crippen molar-refractivity contribution >= 4 is 0 Å². The van der Waals surface area contributed by atoms with Gasteiger partial charge in [0.25, 0.3) is 0 Å². The van der Waals surface area contributed by atoms with E-state index in [1.165, 1.54) is 0 Å². The van der Waals surface area contributed by atoms with Crippen LogP contribution in [0.4, 0.5) is 0 Å². The highest BCUT2D eigenvalue weighted by molar-refractivity contribution is 5.42. The summed E-state index contributed by atoms with van der Waals surface area (Å²) in [5.74, 6) is 1.24. The molecular weight excluding hydrogens is 252 g/mol. The fraction of sp³-hybridized carbons (Fsp3) is 0.438. The van der Waals surface area contributed by atoms with Gasteiger partial charge in [-0.2, -0.15) is 0 Å². The number of nitrogens with one attached hydrogen (secondary N) is 1. The van der Waals surface area contributed by atoms with Crippen LogP contribution in [0.5, 0.6) is 5.75 Å². The molecule has 20 heavy (non-hydrogen) atoms. The molecule has 0 radical (unpaired) electrons. The molecule has 0 bridgehead atoms. The Bertz CT molecular complexity index is 574. The van der Waals surface area contributed by atoms with Crippen LogP contribution in [-0.4, -0.2) is 10.3 Å². The van der Waals surface area contributed by atoms with Crippen LogP contribution in [0.15, 0.2) is 16.7 Å². The zero-order valence-electron chi connectivity index (χ0n) is 12.7. The largest absolute Gasteiger partial charge is 0.507 e. The molecule has 1 aromatic carbocycles. The maximum Gasteiger partial charge on any atom is 0.138 e. The second-order valence-electron chi connectivity index (χ2n) is 5.42. The number of phenolic OH excluding ortho intramolecular Hbond substituents is 1. The van der Waals surface area contributed by atoms with Crippen molar-refractivity contribution in [2.75, 3.05) is 0 Å². The smallest absolute Gasteiger partial charge is 0.138 e. The summed E-state index contributed by atoms with van der Waals surface area (Å²) in [6, 6.07) is 4.20. The number of aromatic hydroxyl groups is 1. The van der Waals surface area contributed by atoms with Crippen molar-refractivity contribution in [2.45, 2.75) is 47.2 Å². The van der Waals surface area contributed by atoms with Crippen molar-refractivity contribution in [3.8, 4) is 5.75 Å². The molecule has 0 fully saturated rings. The molecular formula is C16H22N2O2. The molecule has 0 amide bonds. The van der Waals surface area contributed by atoms with Gasteiger partial charge in [0.2, 0.25) is 0 Å². The summed E-state index contributed by atoms with van der Waals surface area (Å²) < 4.78 is 5.20. The third kappa shape index (κ3) is 2.85. The summed E-state index contributed by atoms with van der Waals surface area (Å²) in [7, 11) is 0. The minimum absolute atomic E-state index is 0.177. The monoisotopic (exact) mass is 274 g/mol. The number of rotatable bonds is 4. The Balaban J connectivity index is 2.09. The third-order valence-corrected chi connectivity index (χ3v) is 3.68. The SMILES string of the molecule is Cc1cc(CNC(C)c2c(C)noc2C)cc(C)c1O. The lowest BCUT2D eigenvalue weighted by Crippen LogP contribution is -2.19. The van der Waals surface area contributed by atoms with E-state index < -0.39 is 0 Å². The Morgan fingerprint density at radius 2 is 1.80 bits per heavy atom. The van der Waals surface area contributed by atoms with Crippen LogP contribution in [0.25, 0.3) is 0 Å². The molecule has 2 aromatic rings. The third-order valence-electron chi connectivity index (χ3n) is 3.68. The highest BCUT2D eigenvalue weighted by Gasteiger charge is 2.16. The molecule has 4 nitrogen and oxygen atoms in total. The number of nitrogens with zero attached hydrogens (tertiary/aromatic N) is 1. The molecule has 1 aromatic heterocycles. The second-order valence-corrected chi connectivity index (χ2v) is 5.42. The zero-order chi connectivity index (χ0) is 14.9. The molecule has 0 aliphatic carbocycles. The lowest BCUT2D eigenvalue weighted by molar-refractivity contribution is 0.390. The van der Waals surface area contributed by atoms with E-state index in [1.54, 1.807) is 0 Å². The van der Waals surface area contributed by atoms with Crippen LogP contribution >= 0.6 is 0 Å². The molecule has 0 aliphatic heterocycles. The molecule has 1 unspecified atom stereocenters. The first-order valence-electron chi connectivity index (χ1n) is 6.85. The van der Waals surface area contributed by atoms with Gasteiger partial charge in [0.15, 0.2) is 0 Å². The van der Waals surface area contributed by atoms with E-state index in [0.29, 0.717) is 5.75 Å². The van der Waals surface area contributed by atoms with E-state index in [4.69, 9.17) is 4.52 Å². The maximum atomic E-state index is 9.79. The highest BCUT2D eigenvalue weighted by atomic mass is 16.5. The van der Waals surface area contributed by atoms with Crippen molar-refractivity contribution in [3.63, 3.8) is 0 Å². The summed E-state index contributed by atoms with van der Waals surface area (Å²) in [6.07, 6.45) is 0. The molecule has 4 heteroatoms. The first-order chi connectivity index (χ1) is 9.40. The van der Waals surface area contributed by atoms with Gasteiger partial charge in [-0.3, -0.25) is 0 Å². The van der Waals surface area contributed by atoms with Crippen LogP contribution in [0.3, 0.4) is 0 Å². The first kappa shape index (κ1) is 14.6. The lowest BCUT2D eigenvalue weighted by Gasteiger charge is -2.15. The summed E-state index contributed by atoms with van der Waals surface area (Å²) in [5.41, 5.74) is 5.03. The Hall–Kier alpha value is -1.81. The molecule has 108 valence electrons. The van der Waals surface area contributed by atoms with Crippen molar-refractivity contribution in [1.29, 1.82) is 0 Å². The van der Waals surface area contributed by atoms with E-state index in [9.17, 15) is 5.11 Å². The van der Waals surface area contributed by atoms with E-state index in [2.05, 4.69) is 17.4 Å². The molecule has 1 atom stereocenters. The number of hydrogen-bond acceptors (Lipinski definition) is 4. The van der Waals surface area contributed by atoms with Gasteiger partial charge >= 0.3 is 0 Å². The Labute approximate surface area is 119 Å². The van der Waals surface area contributed by atoms with Gasteiger partial charge in [0.05, 0.1) is 5.69 Å². The summed E-state index contributed by atoms with van der Waals surface area (Å²) >= 11 is 0. The van der Waals surface area contributed by atoms with E-state index >= 15 is 0 Å². The predicted molar refractivity (Wildman–Crippen MR) is 78.8 cm³/mol. The molecule has 0 saturated heterocycles. The molecule has 1 heterocycles. The van der Waals surface area contributed by atoms with E-state index in [1.807, 2.05) is 39.8 Å². The second kappa shape index (κ2) is 5.67. The molecule has 0 spiro atoms. The average molecular weight is 274 g/mol. The van der Waals surface area contributed by atoms with Crippen molar-refractivity contribution in [2.24, 2.45) is 0 Å². The lowest BCUT2D eigenvalue weighted by atomic mass is 10.0. The minimum atomic E-state index is 0.177. The quantitative estimate of drug-likeness (QED) is 0.896. The minimum Gasteiger partial charge on any atom is -0.507 e. The standard InChI is InChI=1S/C16H22N2O2/c1-9-6-14(7-10(2)16(9)19)8-17-11(3)15-12(4)18-20-13(15)5/h6-7,11,17,19H,8H2,1-5H3. The van der Waals surface area contributed by atoms with Crippen LogP contribution in [0.1, 0.15) is 46.7 Å². The Morgan fingerprint density at radius 3 is 2.30 bits per heavy atom. The van der Waals surface area contributed by atoms with Crippen LogP contribution in [0, 0.1) is 27.7 Å². The van der Waals surface area contributed by atoms with Gasteiger partial charge in [-0.15, -0.1) is 0 Å². The average Bonchev–Trinajstić information content (AvgIpc) is 2.72. The molecule has 0 aliphatic rings. The van der Waals surface area contributed by atoms with E-state index in [-0.39, 0.29) is 6.04 Å². The Kier molecular flexibility index (Phi) is 4.14. The Morgan fingerprint density at radius 1 is 1.20 bits per heavy atom. The van der Waals surface area contributed by atoms with Gasteiger partial charge in [-0.1, -0.05) is 17.3 Å². The zero-order valence-corrected chi connectivity index (χ0v) is 12.7. The number of aromatic nitrogens is 1. The number of phenols is 1.